The van der Waals surface area contributed by atoms with Crippen LogP contribution in [0.25, 0.3) is 0 Å². The van der Waals surface area contributed by atoms with E-state index in [1.165, 1.54) is 0 Å². The summed E-state index contributed by atoms with van der Waals surface area (Å²) in [4.78, 5) is 0. The lowest BCUT2D eigenvalue weighted by molar-refractivity contribution is -0.222. The van der Waals surface area contributed by atoms with Crippen LogP contribution in [-0.2, 0) is 13.9 Å². The zero-order valence-electron chi connectivity index (χ0n) is 13.8. The number of ether oxygens (including phenoxy) is 2. The van der Waals surface area contributed by atoms with Gasteiger partial charge in [0.1, 0.15) is 12.2 Å². The first-order chi connectivity index (χ1) is 9.03. The number of hydrogen-bond acceptors (Lipinski definition) is 4. The normalized spacial score (nSPS) is 28.1. The average molecular weight is 302 g/mol. The molecule has 0 radical (unpaired) electrons. The fourth-order valence-corrected chi connectivity index (χ4v) is 2.62. The summed E-state index contributed by atoms with van der Waals surface area (Å²) in [6.07, 6.45) is 2.14. The molecule has 0 saturated carbocycles. The first-order valence-corrected chi connectivity index (χ1v) is 10.2. The van der Waals surface area contributed by atoms with Crippen LogP contribution in [0.4, 0.5) is 0 Å². The van der Waals surface area contributed by atoms with E-state index in [1.54, 1.807) is 6.08 Å². The molecule has 1 aliphatic heterocycles. The molecule has 0 unspecified atom stereocenters. The molecule has 5 heteroatoms. The smallest absolute Gasteiger partial charge is 0.192 e. The summed E-state index contributed by atoms with van der Waals surface area (Å²) in [5.74, 6) is 0. The van der Waals surface area contributed by atoms with Crippen molar-refractivity contribution in [2.45, 2.75) is 77.4 Å². The molecule has 1 aliphatic rings. The Morgan fingerprint density at radius 3 is 2.35 bits per heavy atom. The molecule has 1 heterocycles. The largest absolute Gasteiger partial charge is 0.414 e. The van der Waals surface area contributed by atoms with Crippen LogP contribution in [0.1, 0.15) is 34.6 Å². The fourth-order valence-electron chi connectivity index (χ4n) is 1.61. The fraction of sp³-hybridized carbons (Fsp3) is 0.867. The first-order valence-electron chi connectivity index (χ1n) is 7.34. The minimum Gasteiger partial charge on any atom is -0.414 e. The summed E-state index contributed by atoms with van der Waals surface area (Å²) < 4.78 is 17.5. The van der Waals surface area contributed by atoms with E-state index in [4.69, 9.17) is 13.9 Å². The third-order valence-electron chi connectivity index (χ3n) is 3.93. The standard InChI is InChI=1S/C15H30O4Si/c1-11(2)18-14-13(16)9-8-12(19-14)10-17-20(6,7)15(3,4)5/h8-9,11-14,16H,10H2,1-7H3/t12-,13+,14-/m0/s1. The third kappa shape index (κ3) is 4.97. The van der Waals surface area contributed by atoms with E-state index in [9.17, 15) is 5.11 Å². The van der Waals surface area contributed by atoms with Gasteiger partial charge in [-0.25, -0.2) is 0 Å². The average Bonchev–Trinajstić information content (AvgIpc) is 2.28. The molecule has 0 aliphatic carbocycles. The minimum atomic E-state index is -1.78. The molecule has 0 aromatic rings. The van der Waals surface area contributed by atoms with Gasteiger partial charge in [0, 0.05) is 0 Å². The third-order valence-corrected chi connectivity index (χ3v) is 8.43. The van der Waals surface area contributed by atoms with Gasteiger partial charge in [-0.2, -0.15) is 0 Å². The van der Waals surface area contributed by atoms with Crippen molar-refractivity contribution in [2.75, 3.05) is 6.61 Å². The summed E-state index contributed by atoms with van der Waals surface area (Å²) in [7, 11) is -1.78. The Bertz CT molecular complexity index is 333. The molecule has 20 heavy (non-hydrogen) atoms. The minimum absolute atomic E-state index is 0.0168. The van der Waals surface area contributed by atoms with Gasteiger partial charge in [-0.1, -0.05) is 32.9 Å². The van der Waals surface area contributed by atoms with Crippen molar-refractivity contribution >= 4 is 8.32 Å². The molecule has 1 N–H and O–H groups in total. The van der Waals surface area contributed by atoms with Crippen molar-refractivity contribution < 1.29 is 19.0 Å². The number of aliphatic hydroxyl groups excluding tert-OH is 1. The number of hydrogen-bond donors (Lipinski definition) is 1. The molecule has 1 rings (SSSR count). The van der Waals surface area contributed by atoms with E-state index in [1.807, 2.05) is 19.9 Å². The highest BCUT2D eigenvalue weighted by Gasteiger charge is 2.38. The number of rotatable bonds is 5. The zero-order valence-corrected chi connectivity index (χ0v) is 14.8. The maximum absolute atomic E-state index is 9.82. The van der Waals surface area contributed by atoms with Crippen LogP contribution < -0.4 is 0 Å². The summed E-state index contributed by atoms with van der Waals surface area (Å²) in [6.45, 7) is 15.4. The van der Waals surface area contributed by atoms with Crippen LogP contribution in [0, 0.1) is 0 Å². The van der Waals surface area contributed by atoms with Crippen LogP contribution in [-0.4, -0.2) is 44.6 Å². The van der Waals surface area contributed by atoms with E-state index in [2.05, 4.69) is 33.9 Å². The maximum atomic E-state index is 9.82. The monoisotopic (exact) mass is 302 g/mol. The molecular formula is C15H30O4Si. The lowest BCUT2D eigenvalue weighted by Gasteiger charge is -2.38. The summed E-state index contributed by atoms with van der Waals surface area (Å²) in [5, 5.41) is 10.0. The highest BCUT2D eigenvalue weighted by Crippen LogP contribution is 2.36. The van der Waals surface area contributed by atoms with Gasteiger partial charge in [-0.15, -0.1) is 0 Å². The van der Waals surface area contributed by atoms with Gasteiger partial charge >= 0.3 is 0 Å². The first kappa shape index (κ1) is 17.8. The van der Waals surface area contributed by atoms with Gasteiger partial charge in [0.15, 0.2) is 14.6 Å². The van der Waals surface area contributed by atoms with Crippen molar-refractivity contribution in [1.82, 2.24) is 0 Å². The van der Waals surface area contributed by atoms with Gasteiger partial charge in [0.25, 0.3) is 0 Å². The molecule has 0 fully saturated rings. The SMILES string of the molecule is CC(C)O[C@H]1O[C@H](CO[Si](C)(C)C(C)(C)C)C=C[C@H]1O. The predicted molar refractivity (Wildman–Crippen MR) is 83.2 cm³/mol. The Morgan fingerprint density at radius 2 is 1.85 bits per heavy atom. The molecule has 0 bridgehead atoms. The van der Waals surface area contributed by atoms with Crippen LogP contribution in [0.5, 0.6) is 0 Å². The second-order valence-electron chi connectivity index (χ2n) is 7.17. The van der Waals surface area contributed by atoms with Crippen LogP contribution in [0.3, 0.4) is 0 Å². The highest BCUT2D eigenvalue weighted by atomic mass is 28.4. The summed E-state index contributed by atoms with van der Waals surface area (Å²) in [5.41, 5.74) is 0. The second-order valence-corrected chi connectivity index (χ2v) is 12.0. The van der Waals surface area contributed by atoms with Crippen LogP contribution in [0.15, 0.2) is 12.2 Å². The Balaban J connectivity index is 2.55. The molecule has 0 amide bonds. The van der Waals surface area contributed by atoms with Gasteiger partial charge in [-0.05, 0) is 32.0 Å². The van der Waals surface area contributed by atoms with Crippen molar-refractivity contribution in [3.05, 3.63) is 12.2 Å². The topological polar surface area (TPSA) is 47.9 Å². The molecule has 0 aromatic carbocycles. The summed E-state index contributed by atoms with van der Waals surface area (Å²) >= 11 is 0. The van der Waals surface area contributed by atoms with Gasteiger partial charge in [0.2, 0.25) is 0 Å². The van der Waals surface area contributed by atoms with Crippen molar-refractivity contribution in [1.29, 1.82) is 0 Å². The van der Waals surface area contributed by atoms with Crippen molar-refractivity contribution in [3.8, 4) is 0 Å². The molecule has 0 spiro atoms. The Morgan fingerprint density at radius 1 is 1.25 bits per heavy atom. The van der Waals surface area contributed by atoms with Crippen molar-refractivity contribution in [3.63, 3.8) is 0 Å². The van der Waals surface area contributed by atoms with E-state index < -0.39 is 20.7 Å². The van der Waals surface area contributed by atoms with E-state index in [0.29, 0.717) is 6.61 Å². The zero-order chi connectivity index (χ0) is 15.6. The Labute approximate surface area is 124 Å². The molecule has 3 atom stereocenters. The highest BCUT2D eigenvalue weighted by molar-refractivity contribution is 6.74. The quantitative estimate of drug-likeness (QED) is 0.626. The van der Waals surface area contributed by atoms with E-state index >= 15 is 0 Å². The van der Waals surface area contributed by atoms with Crippen LogP contribution in [0.2, 0.25) is 18.1 Å². The maximum Gasteiger partial charge on any atom is 0.192 e. The second kappa shape index (κ2) is 6.71. The van der Waals surface area contributed by atoms with Crippen LogP contribution >= 0.6 is 0 Å². The predicted octanol–water partition coefficient (Wildman–Crippen LogP) is 3.08. The number of aliphatic hydroxyl groups is 1. The summed E-state index contributed by atoms with van der Waals surface area (Å²) in [6, 6.07) is 0. The van der Waals surface area contributed by atoms with Gasteiger partial charge in [0.05, 0.1) is 12.7 Å². The molecular weight excluding hydrogens is 272 g/mol. The Hall–Kier alpha value is -0.203. The molecule has 0 saturated heterocycles. The van der Waals surface area contributed by atoms with Gasteiger partial charge < -0.3 is 19.0 Å². The molecule has 118 valence electrons. The van der Waals surface area contributed by atoms with Crippen molar-refractivity contribution in [2.24, 2.45) is 0 Å². The van der Waals surface area contributed by atoms with Gasteiger partial charge in [-0.3, -0.25) is 0 Å². The lowest BCUT2D eigenvalue weighted by Crippen LogP contribution is -2.45. The molecule has 4 nitrogen and oxygen atoms in total. The Kier molecular flexibility index (Phi) is 5.98. The molecule has 0 aromatic heterocycles. The lowest BCUT2D eigenvalue weighted by atomic mass is 10.2. The van der Waals surface area contributed by atoms with E-state index in [0.717, 1.165) is 0 Å². The van der Waals surface area contributed by atoms with E-state index in [-0.39, 0.29) is 17.2 Å².